The van der Waals surface area contributed by atoms with Crippen molar-refractivity contribution in [3.63, 3.8) is 0 Å². The molecule has 138 valence electrons. The van der Waals surface area contributed by atoms with Crippen LogP contribution < -0.4 is 16.6 Å². The molecule has 1 aromatic carbocycles. The summed E-state index contributed by atoms with van der Waals surface area (Å²) in [6, 6.07) is 9.94. The summed E-state index contributed by atoms with van der Waals surface area (Å²) in [5.41, 5.74) is 0.534. The van der Waals surface area contributed by atoms with Crippen molar-refractivity contribution in [1.82, 2.24) is 19.4 Å². The van der Waals surface area contributed by atoms with E-state index in [-0.39, 0.29) is 17.5 Å². The fraction of sp³-hybridized carbons (Fsp3) is 0.316. The van der Waals surface area contributed by atoms with Gasteiger partial charge in [0.2, 0.25) is 5.91 Å². The van der Waals surface area contributed by atoms with Crippen molar-refractivity contribution in [2.24, 2.45) is 14.1 Å². The summed E-state index contributed by atoms with van der Waals surface area (Å²) < 4.78 is 2.31. The van der Waals surface area contributed by atoms with Crippen LogP contribution in [0.2, 0.25) is 0 Å². The van der Waals surface area contributed by atoms with Gasteiger partial charge in [0.05, 0.1) is 11.6 Å². The quantitative estimate of drug-likeness (QED) is 0.766. The third-order valence-corrected chi connectivity index (χ3v) is 4.16. The average molecular weight is 356 g/mol. The van der Waals surface area contributed by atoms with Gasteiger partial charge in [-0.25, -0.2) is 4.79 Å². The largest absolute Gasteiger partial charge is 0.351 e. The van der Waals surface area contributed by atoms with E-state index in [2.05, 4.69) is 5.32 Å². The third-order valence-electron chi connectivity index (χ3n) is 4.16. The highest BCUT2D eigenvalue weighted by molar-refractivity contribution is 5.91. The topological polar surface area (TPSA) is 76.3 Å². The molecule has 0 fully saturated rings. The van der Waals surface area contributed by atoms with Crippen molar-refractivity contribution in [2.45, 2.75) is 6.04 Å². The Morgan fingerprint density at radius 1 is 1.19 bits per heavy atom. The van der Waals surface area contributed by atoms with E-state index in [1.54, 1.807) is 7.05 Å². The van der Waals surface area contributed by atoms with E-state index in [0.29, 0.717) is 6.54 Å². The zero-order chi connectivity index (χ0) is 19.3. The van der Waals surface area contributed by atoms with Gasteiger partial charge in [-0.05, 0) is 25.7 Å². The highest BCUT2D eigenvalue weighted by atomic mass is 16.2. The summed E-state index contributed by atoms with van der Waals surface area (Å²) in [6.45, 7) is 0.436. The van der Waals surface area contributed by atoms with Crippen LogP contribution in [0.5, 0.6) is 0 Å². The molecule has 1 amide bonds. The molecule has 1 unspecified atom stereocenters. The molecule has 1 heterocycles. The number of hydrogen-bond acceptors (Lipinski definition) is 4. The van der Waals surface area contributed by atoms with E-state index in [0.717, 1.165) is 10.1 Å². The lowest BCUT2D eigenvalue weighted by Crippen LogP contribution is -2.37. The molecule has 1 atom stereocenters. The molecule has 1 N–H and O–H groups in total. The maximum atomic E-state index is 12.1. The van der Waals surface area contributed by atoms with Gasteiger partial charge in [-0.3, -0.25) is 14.2 Å². The van der Waals surface area contributed by atoms with Gasteiger partial charge >= 0.3 is 5.69 Å². The molecule has 0 radical (unpaired) electrons. The molecule has 0 saturated carbocycles. The second kappa shape index (κ2) is 8.44. The number of benzene rings is 1. The first kappa shape index (κ1) is 19.4. The summed E-state index contributed by atoms with van der Waals surface area (Å²) in [4.78, 5) is 37.9. The number of carbonyl (C=O) groups excluding carboxylic acids is 1. The standard InChI is InChI=1S/C19H24N4O3/c1-21(2)16(14-8-6-5-7-9-14)12-20-17(24)11-10-15-13-22(3)19(26)23(4)18(15)25/h5-11,13,16H,12H2,1-4H3,(H,20,24)/b11-10+. The Kier molecular flexibility index (Phi) is 6.30. The van der Waals surface area contributed by atoms with Crippen molar-refractivity contribution in [1.29, 1.82) is 0 Å². The maximum absolute atomic E-state index is 12.1. The molecule has 0 saturated heterocycles. The molecule has 0 aliphatic carbocycles. The Morgan fingerprint density at radius 3 is 2.46 bits per heavy atom. The van der Waals surface area contributed by atoms with E-state index in [9.17, 15) is 14.4 Å². The molecule has 2 rings (SSSR count). The second-order valence-corrected chi connectivity index (χ2v) is 6.31. The lowest BCUT2D eigenvalue weighted by atomic mass is 10.1. The summed E-state index contributed by atoms with van der Waals surface area (Å²) in [6.07, 6.45) is 4.14. The number of nitrogens with zero attached hydrogens (tertiary/aromatic N) is 3. The summed E-state index contributed by atoms with van der Waals surface area (Å²) in [5, 5.41) is 2.85. The van der Waals surface area contributed by atoms with Crippen LogP contribution in [0.1, 0.15) is 17.2 Å². The smallest absolute Gasteiger partial charge is 0.330 e. The lowest BCUT2D eigenvalue weighted by molar-refractivity contribution is -0.116. The number of aryl methyl sites for hydroxylation is 1. The molecule has 0 aliphatic rings. The fourth-order valence-electron chi connectivity index (χ4n) is 2.65. The first-order valence-electron chi connectivity index (χ1n) is 8.25. The van der Waals surface area contributed by atoms with Crippen LogP contribution in [0.4, 0.5) is 0 Å². The van der Waals surface area contributed by atoms with Gasteiger partial charge in [-0.15, -0.1) is 0 Å². The lowest BCUT2D eigenvalue weighted by Gasteiger charge is -2.24. The monoisotopic (exact) mass is 356 g/mol. The Hall–Kier alpha value is -2.93. The van der Waals surface area contributed by atoms with Crippen LogP contribution in [-0.4, -0.2) is 40.6 Å². The Balaban J connectivity index is 2.08. The van der Waals surface area contributed by atoms with Crippen LogP contribution in [0, 0.1) is 0 Å². The molecule has 0 spiro atoms. The summed E-state index contributed by atoms with van der Waals surface area (Å²) in [7, 11) is 6.87. The number of hydrogen-bond donors (Lipinski definition) is 1. The second-order valence-electron chi connectivity index (χ2n) is 6.31. The van der Waals surface area contributed by atoms with E-state index in [1.165, 1.54) is 30.0 Å². The molecular weight excluding hydrogens is 332 g/mol. The third kappa shape index (κ3) is 4.58. The predicted octanol–water partition coefficient (Wildman–Crippen LogP) is 0.516. The Bertz CT molecular complexity index is 911. The number of amides is 1. The number of aromatic nitrogens is 2. The van der Waals surface area contributed by atoms with Crippen LogP contribution in [0.15, 0.2) is 52.2 Å². The number of nitrogens with one attached hydrogen (secondary N) is 1. The zero-order valence-corrected chi connectivity index (χ0v) is 15.5. The molecule has 2 aromatic rings. The van der Waals surface area contributed by atoms with E-state index in [1.807, 2.05) is 49.3 Å². The van der Waals surface area contributed by atoms with Crippen LogP contribution in [0.3, 0.4) is 0 Å². The molecule has 7 nitrogen and oxygen atoms in total. The predicted molar refractivity (Wildman–Crippen MR) is 102 cm³/mol. The van der Waals surface area contributed by atoms with Crippen molar-refractivity contribution >= 4 is 12.0 Å². The highest BCUT2D eigenvalue weighted by Crippen LogP contribution is 2.16. The minimum absolute atomic E-state index is 0.0407. The van der Waals surface area contributed by atoms with E-state index >= 15 is 0 Å². The molecule has 1 aromatic heterocycles. The number of carbonyl (C=O) groups is 1. The SMILES string of the molecule is CN(C)C(CNC(=O)/C=C/c1cn(C)c(=O)n(C)c1=O)c1ccccc1. The minimum Gasteiger partial charge on any atom is -0.351 e. The van der Waals surface area contributed by atoms with Gasteiger partial charge in [0.1, 0.15) is 0 Å². The number of likely N-dealkylation sites (N-methyl/N-ethyl adjacent to an activating group) is 1. The van der Waals surface area contributed by atoms with Gasteiger partial charge in [0.15, 0.2) is 0 Å². The normalized spacial score (nSPS) is 12.5. The van der Waals surface area contributed by atoms with Gasteiger partial charge in [-0.1, -0.05) is 30.3 Å². The molecule has 26 heavy (non-hydrogen) atoms. The Morgan fingerprint density at radius 2 is 1.85 bits per heavy atom. The van der Waals surface area contributed by atoms with Gasteiger partial charge in [0.25, 0.3) is 5.56 Å². The molecule has 7 heteroatoms. The van der Waals surface area contributed by atoms with E-state index in [4.69, 9.17) is 0 Å². The molecular formula is C19H24N4O3. The van der Waals surface area contributed by atoms with Crippen LogP contribution in [-0.2, 0) is 18.9 Å². The van der Waals surface area contributed by atoms with E-state index < -0.39 is 11.2 Å². The molecule has 0 bridgehead atoms. The number of rotatable bonds is 6. The van der Waals surface area contributed by atoms with Gasteiger partial charge < -0.3 is 14.8 Å². The Labute approximate surface area is 152 Å². The first-order chi connectivity index (χ1) is 12.3. The fourth-order valence-corrected chi connectivity index (χ4v) is 2.65. The zero-order valence-electron chi connectivity index (χ0n) is 15.5. The maximum Gasteiger partial charge on any atom is 0.330 e. The van der Waals surface area contributed by atoms with Crippen molar-refractivity contribution in [3.05, 3.63) is 74.6 Å². The summed E-state index contributed by atoms with van der Waals surface area (Å²) >= 11 is 0. The minimum atomic E-state index is -0.437. The average Bonchev–Trinajstić information content (AvgIpc) is 2.62. The van der Waals surface area contributed by atoms with Gasteiger partial charge in [0, 0.05) is 32.9 Å². The summed E-state index contributed by atoms with van der Waals surface area (Å²) in [5.74, 6) is -0.302. The van der Waals surface area contributed by atoms with Crippen LogP contribution in [0.25, 0.3) is 6.08 Å². The first-order valence-corrected chi connectivity index (χ1v) is 8.25. The van der Waals surface area contributed by atoms with Crippen molar-refractivity contribution in [2.75, 3.05) is 20.6 Å². The van der Waals surface area contributed by atoms with Crippen LogP contribution >= 0.6 is 0 Å². The highest BCUT2D eigenvalue weighted by Gasteiger charge is 2.14. The molecule has 0 aliphatic heterocycles. The van der Waals surface area contributed by atoms with Crippen molar-refractivity contribution < 1.29 is 4.79 Å². The van der Waals surface area contributed by atoms with Gasteiger partial charge in [-0.2, -0.15) is 0 Å². The van der Waals surface area contributed by atoms with Crippen molar-refractivity contribution in [3.8, 4) is 0 Å².